The molecule has 1 aliphatic carbocycles. The van der Waals surface area contributed by atoms with E-state index in [-0.39, 0.29) is 11.4 Å². The first-order valence-electron chi connectivity index (χ1n) is 6.47. The highest BCUT2D eigenvalue weighted by atomic mass is 16.5. The van der Waals surface area contributed by atoms with E-state index in [0.29, 0.717) is 25.7 Å². The molecule has 2 amide bonds. The number of nitrogens with two attached hydrogens (primary N) is 1. The van der Waals surface area contributed by atoms with Crippen molar-refractivity contribution in [1.29, 1.82) is 0 Å². The molecule has 2 atom stereocenters. The number of urea groups is 1. The summed E-state index contributed by atoms with van der Waals surface area (Å²) in [6, 6.07) is 0.402. The van der Waals surface area contributed by atoms with Crippen molar-refractivity contribution in [2.75, 3.05) is 33.4 Å². The van der Waals surface area contributed by atoms with E-state index in [1.807, 2.05) is 4.90 Å². The third-order valence-electron chi connectivity index (χ3n) is 4.34. The molecule has 5 nitrogen and oxygen atoms in total. The average Bonchev–Trinajstić information content (AvgIpc) is 2.87. The molecule has 0 aromatic heterocycles. The van der Waals surface area contributed by atoms with E-state index in [9.17, 15) is 4.79 Å². The van der Waals surface area contributed by atoms with Gasteiger partial charge in [0.25, 0.3) is 0 Å². The van der Waals surface area contributed by atoms with Crippen LogP contribution in [-0.4, -0.2) is 50.3 Å². The molecule has 0 radical (unpaired) electrons. The van der Waals surface area contributed by atoms with Crippen LogP contribution in [0.15, 0.2) is 0 Å². The fraction of sp³-hybridized carbons (Fsp3) is 0.917. The maximum absolute atomic E-state index is 12.0. The van der Waals surface area contributed by atoms with Crippen LogP contribution in [0.5, 0.6) is 0 Å². The van der Waals surface area contributed by atoms with E-state index in [2.05, 4.69) is 5.32 Å². The van der Waals surface area contributed by atoms with E-state index >= 15 is 0 Å². The van der Waals surface area contributed by atoms with Gasteiger partial charge in [0.05, 0.1) is 6.61 Å². The Kier molecular flexibility index (Phi) is 3.89. The number of amides is 2. The average molecular weight is 241 g/mol. The highest BCUT2D eigenvalue weighted by Gasteiger charge is 2.50. The summed E-state index contributed by atoms with van der Waals surface area (Å²) in [5, 5.41) is 2.90. The molecule has 2 rings (SSSR count). The van der Waals surface area contributed by atoms with Crippen LogP contribution in [0.4, 0.5) is 4.79 Å². The summed E-state index contributed by atoms with van der Waals surface area (Å²) in [7, 11) is 1.64. The zero-order chi connectivity index (χ0) is 12.3. The standard InChI is InChI=1S/C12H23N3O2/c1-17-8-6-14-11(16)15-7-5-12(9-13)4-2-3-10(12)15/h10H,2-9,13H2,1H3,(H,14,16)/t10-,12-/m1/s1. The highest BCUT2D eigenvalue weighted by Crippen LogP contribution is 2.47. The Morgan fingerprint density at radius 2 is 2.41 bits per heavy atom. The molecule has 1 saturated heterocycles. The van der Waals surface area contributed by atoms with Crippen molar-refractivity contribution < 1.29 is 9.53 Å². The Balaban J connectivity index is 1.92. The number of hydrogen-bond acceptors (Lipinski definition) is 3. The van der Waals surface area contributed by atoms with Gasteiger partial charge in [-0.3, -0.25) is 0 Å². The van der Waals surface area contributed by atoms with Crippen molar-refractivity contribution in [2.24, 2.45) is 11.1 Å². The smallest absolute Gasteiger partial charge is 0.317 e. The van der Waals surface area contributed by atoms with Crippen LogP contribution >= 0.6 is 0 Å². The van der Waals surface area contributed by atoms with Gasteiger partial charge in [-0.2, -0.15) is 0 Å². The lowest BCUT2D eigenvalue weighted by Crippen LogP contribution is -2.47. The van der Waals surface area contributed by atoms with Gasteiger partial charge in [0.15, 0.2) is 0 Å². The third kappa shape index (κ3) is 2.26. The van der Waals surface area contributed by atoms with Crippen LogP contribution in [0.2, 0.25) is 0 Å². The van der Waals surface area contributed by atoms with E-state index in [1.165, 1.54) is 12.8 Å². The number of nitrogens with zero attached hydrogens (tertiary/aromatic N) is 1. The first-order chi connectivity index (χ1) is 8.23. The predicted octanol–water partition coefficient (Wildman–Crippen LogP) is 0.546. The van der Waals surface area contributed by atoms with E-state index in [0.717, 1.165) is 19.4 Å². The number of fused-ring (bicyclic) bond motifs is 1. The minimum atomic E-state index is 0.0456. The van der Waals surface area contributed by atoms with Gasteiger partial charge in [0.2, 0.25) is 0 Å². The van der Waals surface area contributed by atoms with Crippen LogP contribution in [0.1, 0.15) is 25.7 Å². The van der Waals surface area contributed by atoms with Crippen molar-refractivity contribution in [2.45, 2.75) is 31.7 Å². The van der Waals surface area contributed by atoms with Crippen LogP contribution in [-0.2, 0) is 4.74 Å². The number of methoxy groups -OCH3 is 1. The molecule has 5 heteroatoms. The van der Waals surface area contributed by atoms with Gasteiger partial charge in [0.1, 0.15) is 0 Å². The minimum Gasteiger partial charge on any atom is -0.383 e. The van der Waals surface area contributed by atoms with E-state index in [4.69, 9.17) is 10.5 Å². The van der Waals surface area contributed by atoms with E-state index in [1.54, 1.807) is 7.11 Å². The highest BCUT2D eigenvalue weighted by molar-refractivity contribution is 5.75. The summed E-state index contributed by atoms with van der Waals surface area (Å²) in [5.41, 5.74) is 6.12. The number of rotatable bonds is 4. The second kappa shape index (κ2) is 5.23. The monoisotopic (exact) mass is 241 g/mol. The maximum atomic E-state index is 12.0. The number of nitrogens with one attached hydrogen (secondary N) is 1. The van der Waals surface area contributed by atoms with Crippen molar-refractivity contribution in [1.82, 2.24) is 10.2 Å². The predicted molar refractivity (Wildman–Crippen MR) is 65.7 cm³/mol. The lowest BCUT2D eigenvalue weighted by molar-refractivity contribution is 0.164. The second-order valence-electron chi connectivity index (χ2n) is 5.14. The molecule has 17 heavy (non-hydrogen) atoms. The molecule has 3 N–H and O–H groups in total. The zero-order valence-corrected chi connectivity index (χ0v) is 10.6. The Hall–Kier alpha value is -0.810. The molecule has 0 aromatic carbocycles. The maximum Gasteiger partial charge on any atom is 0.317 e. The van der Waals surface area contributed by atoms with Crippen molar-refractivity contribution >= 4 is 6.03 Å². The Labute approximate surface area is 103 Å². The molecule has 2 fully saturated rings. The van der Waals surface area contributed by atoms with Gasteiger partial charge in [-0.15, -0.1) is 0 Å². The summed E-state index contributed by atoms with van der Waals surface area (Å²) in [4.78, 5) is 14.0. The molecule has 1 saturated carbocycles. The van der Waals surface area contributed by atoms with Gasteiger partial charge < -0.3 is 20.7 Å². The van der Waals surface area contributed by atoms with Crippen molar-refractivity contribution in [3.05, 3.63) is 0 Å². The molecule has 0 aromatic rings. The molecule has 1 aliphatic heterocycles. The van der Waals surface area contributed by atoms with Crippen LogP contribution in [0.25, 0.3) is 0 Å². The molecule has 1 heterocycles. The van der Waals surface area contributed by atoms with Gasteiger partial charge in [-0.05, 0) is 25.8 Å². The first kappa shape index (κ1) is 12.6. The summed E-state index contributed by atoms with van der Waals surface area (Å²) in [6.45, 7) is 2.70. The van der Waals surface area contributed by atoms with Crippen molar-refractivity contribution in [3.8, 4) is 0 Å². The fourth-order valence-electron chi connectivity index (χ4n) is 3.34. The van der Waals surface area contributed by atoms with Crippen LogP contribution < -0.4 is 11.1 Å². The van der Waals surface area contributed by atoms with Gasteiger partial charge >= 0.3 is 6.03 Å². The lowest BCUT2D eigenvalue weighted by Gasteiger charge is -2.31. The summed E-state index contributed by atoms with van der Waals surface area (Å²) < 4.78 is 4.93. The Morgan fingerprint density at radius 3 is 3.12 bits per heavy atom. The summed E-state index contributed by atoms with van der Waals surface area (Å²) in [5.74, 6) is 0. The number of ether oxygens (including phenoxy) is 1. The van der Waals surface area contributed by atoms with Gasteiger partial charge in [-0.1, -0.05) is 6.42 Å². The Bertz CT molecular complexity index is 285. The Morgan fingerprint density at radius 1 is 1.59 bits per heavy atom. The second-order valence-corrected chi connectivity index (χ2v) is 5.14. The quantitative estimate of drug-likeness (QED) is 0.706. The lowest BCUT2D eigenvalue weighted by atomic mass is 9.82. The fourth-order valence-corrected chi connectivity index (χ4v) is 3.34. The largest absolute Gasteiger partial charge is 0.383 e. The molecule has 2 aliphatic rings. The van der Waals surface area contributed by atoms with Gasteiger partial charge in [-0.25, -0.2) is 4.79 Å². The third-order valence-corrected chi connectivity index (χ3v) is 4.34. The van der Waals surface area contributed by atoms with Crippen LogP contribution in [0, 0.1) is 5.41 Å². The minimum absolute atomic E-state index is 0.0456. The molecule has 0 bridgehead atoms. The summed E-state index contributed by atoms with van der Waals surface area (Å²) in [6.07, 6.45) is 4.54. The van der Waals surface area contributed by atoms with E-state index < -0.39 is 0 Å². The number of likely N-dealkylation sites (tertiary alicyclic amines) is 1. The van der Waals surface area contributed by atoms with Crippen molar-refractivity contribution in [3.63, 3.8) is 0 Å². The molecular formula is C12H23N3O2. The molecular weight excluding hydrogens is 218 g/mol. The van der Waals surface area contributed by atoms with Gasteiger partial charge in [0, 0.05) is 31.7 Å². The summed E-state index contributed by atoms with van der Waals surface area (Å²) >= 11 is 0. The topological polar surface area (TPSA) is 67.6 Å². The normalized spacial score (nSPS) is 31.6. The number of hydrogen-bond donors (Lipinski definition) is 2. The molecule has 98 valence electrons. The SMILES string of the molecule is COCCNC(=O)N1CC[C@@]2(CN)CCC[C@@H]12. The molecule has 0 unspecified atom stereocenters. The number of carbonyl (C=O) groups is 1. The molecule has 0 spiro atoms. The zero-order valence-electron chi connectivity index (χ0n) is 10.6. The van der Waals surface area contributed by atoms with Crippen LogP contribution in [0.3, 0.4) is 0 Å². The number of carbonyl (C=O) groups excluding carboxylic acids is 1. The first-order valence-corrected chi connectivity index (χ1v) is 6.47.